The molecule has 80 valence electrons. The second kappa shape index (κ2) is 4.49. The first-order valence-electron chi connectivity index (χ1n) is 4.05. The molecule has 0 aliphatic rings. The Hall–Kier alpha value is -1.29. The molecule has 0 amide bonds. The van der Waals surface area contributed by atoms with E-state index in [9.17, 15) is 18.4 Å². The third-order valence-corrected chi connectivity index (χ3v) is 2.13. The molecule has 2 nitrogen and oxygen atoms in total. The Morgan fingerprint density at radius 1 is 1.47 bits per heavy atom. The summed E-state index contributed by atoms with van der Waals surface area (Å²) in [5.41, 5.74) is -0.877. The van der Waals surface area contributed by atoms with E-state index in [1.54, 1.807) is 0 Å². The molecule has 0 saturated heterocycles. The summed E-state index contributed by atoms with van der Waals surface area (Å²) in [5.74, 6) is -0.471. The fourth-order valence-electron chi connectivity index (χ4n) is 1.24. The van der Waals surface area contributed by atoms with Crippen LogP contribution in [0.3, 0.4) is 0 Å². The summed E-state index contributed by atoms with van der Waals surface area (Å²) in [6.07, 6.45) is -2.59. The predicted octanol–water partition coefficient (Wildman–Crippen LogP) is 3.29. The number of ketones is 1. The zero-order valence-corrected chi connectivity index (χ0v) is 8.52. The van der Waals surface area contributed by atoms with E-state index in [-0.39, 0.29) is 22.4 Å². The average molecular weight is 233 g/mol. The molecule has 0 aliphatic heterocycles. The van der Waals surface area contributed by atoms with Crippen molar-refractivity contribution in [1.82, 2.24) is 0 Å². The lowest BCUT2D eigenvalue weighted by atomic mass is 10.00. The van der Waals surface area contributed by atoms with Crippen LogP contribution in [0.25, 0.3) is 0 Å². The van der Waals surface area contributed by atoms with E-state index < -0.39 is 17.8 Å². The smallest absolute Gasteiger partial charge is 0.264 e. The third kappa shape index (κ3) is 2.39. The SMILES string of the molecule is CC(=O)c1cc(Cl)cc(C(F)F)c1C=O. The van der Waals surface area contributed by atoms with Crippen molar-refractivity contribution in [1.29, 1.82) is 0 Å². The molecule has 0 atom stereocenters. The largest absolute Gasteiger partial charge is 0.298 e. The molecule has 15 heavy (non-hydrogen) atoms. The molecule has 0 aromatic heterocycles. The highest BCUT2D eigenvalue weighted by Gasteiger charge is 2.19. The summed E-state index contributed by atoms with van der Waals surface area (Å²) in [4.78, 5) is 21.7. The molecule has 0 heterocycles. The van der Waals surface area contributed by atoms with Gasteiger partial charge in [0.25, 0.3) is 6.43 Å². The molecule has 0 aliphatic carbocycles. The number of carbonyl (C=O) groups excluding carboxylic acids is 2. The molecule has 0 unspecified atom stereocenters. The number of hydrogen-bond donors (Lipinski definition) is 0. The third-order valence-electron chi connectivity index (χ3n) is 1.91. The van der Waals surface area contributed by atoms with Crippen molar-refractivity contribution in [2.75, 3.05) is 0 Å². The van der Waals surface area contributed by atoms with Crippen molar-refractivity contribution in [3.05, 3.63) is 33.8 Å². The van der Waals surface area contributed by atoms with Crippen LogP contribution in [0.1, 0.15) is 39.6 Å². The van der Waals surface area contributed by atoms with Gasteiger partial charge in [-0.25, -0.2) is 8.78 Å². The van der Waals surface area contributed by atoms with E-state index in [0.29, 0.717) is 0 Å². The number of benzene rings is 1. The maximum atomic E-state index is 12.5. The van der Waals surface area contributed by atoms with Crippen LogP contribution in [0.15, 0.2) is 12.1 Å². The highest BCUT2D eigenvalue weighted by molar-refractivity contribution is 6.31. The van der Waals surface area contributed by atoms with Gasteiger partial charge in [-0.05, 0) is 19.1 Å². The lowest BCUT2D eigenvalue weighted by Crippen LogP contribution is -2.04. The number of aldehydes is 1. The van der Waals surface area contributed by atoms with Gasteiger partial charge in [-0.3, -0.25) is 9.59 Å². The molecular formula is C10H7ClF2O2. The fraction of sp³-hybridized carbons (Fsp3) is 0.200. The lowest BCUT2D eigenvalue weighted by Gasteiger charge is -2.08. The summed E-state index contributed by atoms with van der Waals surface area (Å²) < 4.78 is 25.0. The lowest BCUT2D eigenvalue weighted by molar-refractivity contribution is 0.100. The molecule has 0 fully saturated rings. The number of halogens is 3. The van der Waals surface area contributed by atoms with Crippen LogP contribution in [-0.2, 0) is 0 Å². The van der Waals surface area contributed by atoms with Crippen LogP contribution >= 0.6 is 11.6 Å². The van der Waals surface area contributed by atoms with Crippen LogP contribution in [0.5, 0.6) is 0 Å². The van der Waals surface area contributed by atoms with Crippen LogP contribution in [0.2, 0.25) is 5.02 Å². The molecule has 0 spiro atoms. The minimum atomic E-state index is -2.83. The Labute approximate surface area is 89.8 Å². The summed E-state index contributed by atoms with van der Waals surface area (Å²) in [5, 5.41) is 0.0149. The fourth-order valence-corrected chi connectivity index (χ4v) is 1.47. The van der Waals surface area contributed by atoms with Gasteiger partial charge < -0.3 is 0 Å². The van der Waals surface area contributed by atoms with Crippen LogP contribution in [0, 0.1) is 0 Å². The highest BCUT2D eigenvalue weighted by Crippen LogP contribution is 2.28. The number of rotatable bonds is 3. The maximum Gasteiger partial charge on any atom is 0.264 e. The van der Waals surface area contributed by atoms with Gasteiger partial charge in [0.15, 0.2) is 12.1 Å². The van der Waals surface area contributed by atoms with E-state index >= 15 is 0 Å². The molecule has 0 N–H and O–H groups in total. The first-order chi connectivity index (χ1) is 6.97. The van der Waals surface area contributed by atoms with Gasteiger partial charge >= 0.3 is 0 Å². The maximum absolute atomic E-state index is 12.5. The standard InChI is InChI=1S/C10H7ClF2O2/c1-5(15)7-2-6(11)3-8(10(12)13)9(7)4-14/h2-4,10H,1H3. The Bertz CT molecular complexity index is 416. The van der Waals surface area contributed by atoms with E-state index in [4.69, 9.17) is 11.6 Å². The van der Waals surface area contributed by atoms with Gasteiger partial charge in [-0.1, -0.05) is 11.6 Å². The Morgan fingerprint density at radius 2 is 2.07 bits per heavy atom. The predicted molar refractivity (Wildman–Crippen MR) is 51.8 cm³/mol. The minimum Gasteiger partial charge on any atom is -0.298 e. The Kier molecular flexibility index (Phi) is 3.52. The van der Waals surface area contributed by atoms with Crippen LogP contribution < -0.4 is 0 Å². The number of carbonyl (C=O) groups is 2. The molecular weight excluding hydrogens is 226 g/mol. The van der Waals surface area contributed by atoms with Gasteiger partial charge in [-0.2, -0.15) is 0 Å². The van der Waals surface area contributed by atoms with Crippen molar-refractivity contribution >= 4 is 23.7 Å². The van der Waals surface area contributed by atoms with Crippen molar-refractivity contribution < 1.29 is 18.4 Å². The summed E-state index contributed by atoms with van der Waals surface area (Å²) in [7, 11) is 0. The second-order valence-corrected chi connectivity index (χ2v) is 3.37. The Morgan fingerprint density at radius 3 is 2.47 bits per heavy atom. The molecule has 0 bridgehead atoms. The van der Waals surface area contributed by atoms with E-state index in [1.807, 2.05) is 0 Å². The molecule has 1 rings (SSSR count). The van der Waals surface area contributed by atoms with Gasteiger partial charge in [0, 0.05) is 21.7 Å². The quantitative estimate of drug-likeness (QED) is 0.592. The zero-order valence-electron chi connectivity index (χ0n) is 7.76. The van der Waals surface area contributed by atoms with Gasteiger partial charge in [0.1, 0.15) is 0 Å². The molecule has 5 heteroatoms. The first kappa shape index (κ1) is 11.8. The van der Waals surface area contributed by atoms with Crippen molar-refractivity contribution in [2.45, 2.75) is 13.3 Å². The van der Waals surface area contributed by atoms with Gasteiger partial charge in [-0.15, -0.1) is 0 Å². The van der Waals surface area contributed by atoms with E-state index in [1.165, 1.54) is 13.0 Å². The monoisotopic (exact) mass is 232 g/mol. The number of Topliss-reactive ketones (excluding diaryl/α,β-unsaturated/α-hetero) is 1. The second-order valence-electron chi connectivity index (χ2n) is 2.93. The van der Waals surface area contributed by atoms with Crippen LogP contribution in [0.4, 0.5) is 8.78 Å². The molecule has 1 aromatic carbocycles. The topological polar surface area (TPSA) is 34.1 Å². The average Bonchev–Trinajstić information content (AvgIpc) is 2.16. The Balaban J connectivity index is 3.52. The summed E-state index contributed by atoms with van der Waals surface area (Å²) in [6, 6.07) is 2.20. The minimum absolute atomic E-state index is 0.0149. The highest BCUT2D eigenvalue weighted by atomic mass is 35.5. The summed E-state index contributed by atoms with van der Waals surface area (Å²) >= 11 is 5.57. The first-order valence-corrected chi connectivity index (χ1v) is 4.43. The van der Waals surface area contributed by atoms with Crippen LogP contribution in [-0.4, -0.2) is 12.1 Å². The molecule has 0 radical (unpaired) electrons. The van der Waals surface area contributed by atoms with Gasteiger partial charge in [0.05, 0.1) is 0 Å². The van der Waals surface area contributed by atoms with Crippen molar-refractivity contribution in [3.8, 4) is 0 Å². The molecule has 0 saturated carbocycles. The van der Waals surface area contributed by atoms with E-state index in [2.05, 4.69) is 0 Å². The number of alkyl halides is 2. The molecule has 1 aromatic rings. The van der Waals surface area contributed by atoms with Crippen molar-refractivity contribution in [3.63, 3.8) is 0 Å². The van der Waals surface area contributed by atoms with Gasteiger partial charge in [0.2, 0.25) is 0 Å². The summed E-state index contributed by atoms with van der Waals surface area (Å²) in [6.45, 7) is 1.19. The zero-order chi connectivity index (χ0) is 11.6. The normalized spacial score (nSPS) is 10.5. The number of hydrogen-bond acceptors (Lipinski definition) is 2. The van der Waals surface area contributed by atoms with Crippen molar-refractivity contribution in [2.24, 2.45) is 0 Å². The van der Waals surface area contributed by atoms with E-state index in [0.717, 1.165) is 6.07 Å².